The Labute approximate surface area is 118 Å². The molecule has 0 spiro atoms. The van der Waals surface area contributed by atoms with Gasteiger partial charge in [0.1, 0.15) is 5.82 Å². The van der Waals surface area contributed by atoms with Crippen molar-refractivity contribution >= 4 is 30.0 Å². The molecule has 7 heteroatoms. The lowest BCUT2D eigenvalue weighted by Crippen LogP contribution is -2.35. The van der Waals surface area contributed by atoms with E-state index in [-0.39, 0.29) is 12.4 Å². The van der Waals surface area contributed by atoms with Gasteiger partial charge in [0.25, 0.3) is 0 Å². The van der Waals surface area contributed by atoms with Gasteiger partial charge in [-0.05, 0) is 32.2 Å². The number of anilines is 1. The second-order valence-corrected chi connectivity index (χ2v) is 4.72. The summed E-state index contributed by atoms with van der Waals surface area (Å²) in [6.07, 6.45) is 4.21. The normalized spacial score (nSPS) is 15.9. The predicted octanol–water partition coefficient (Wildman–Crippen LogP) is 1.79. The van der Waals surface area contributed by atoms with E-state index in [1.807, 2.05) is 12.3 Å². The van der Waals surface area contributed by atoms with Gasteiger partial charge >= 0.3 is 0 Å². The van der Waals surface area contributed by atoms with Crippen molar-refractivity contribution in [3.05, 3.63) is 6.07 Å². The first-order valence-corrected chi connectivity index (χ1v) is 6.98. The van der Waals surface area contributed by atoms with Gasteiger partial charge in [-0.15, -0.1) is 12.4 Å². The Hall–Kier alpha value is -0.720. The number of hydrogen-bond donors (Lipinski definition) is 2. The zero-order valence-corrected chi connectivity index (χ0v) is 12.2. The molecule has 1 aromatic rings. The Bertz CT molecular complexity index is 352. The number of nitrogens with one attached hydrogen (secondary N) is 2. The molecule has 1 aliphatic rings. The number of rotatable bonds is 4. The maximum absolute atomic E-state index is 5.17. The van der Waals surface area contributed by atoms with E-state index in [4.69, 9.17) is 4.74 Å². The largest absolute Gasteiger partial charge is 0.481 e. The number of thioether (sulfide) groups is 1. The molecule has 1 aromatic heterocycles. The highest BCUT2D eigenvalue weighted by molar-refractivity contribution is 7.98. The van der Waals surface area contributed by atoms with Crippen LogP contribution >= 0.6 is 24.2 Å². The standard InChI is InChI=1S/C11H18N4OS.ClH/c1-16-10-7-9(14-11(15-10)17-2)13-8-3-5-12-6-4-8;/h7-8,12H,3-6H2,1-2H3,(H,13,14,15);1H. The van der Waals surface area contributed by atoms with Crippen LogP contribution < -0.4 is 15.4 Å². The second-order valence-electron chi connectivity index (χ2n) is 3.95. The van der Waals surface area contributed by atoms with Gasteiger partial charge in [-0.1, -0.05) is 11.8 Å². The first kappa shape index (κ1) is 15.3. The van der Waals surface area contributed by atoms with E-state index in [9.17, 15) is 0 Å². The molecule has 0 bridgehead atoms. The van der Waals surface area contributed by atoms with Gasteiger partial charge in [0.15, 0.2) is 5.16 Å². The summed E-state index contributed by atoms with van der Waals surface area (Å²) in [6, 6.07) is 2.34. The average molecular weight is 291 g/mol. The van der Waals surface area contributed by atoms with Gasteiger partial charge in [-0.2, -0.15) is 4.98 Å². The second kappa shape index (κ2) is 7.66. The summed E-state index contributed by atoms with van der Waals surface area (Å²) in [5, 5.41) is 7.53. The molecular weight excluding hydrogens is 272 g/mol. The lowest BCUT2D eigenvalue weighted by atomic mass is 10.1. The number of aromatic nitrogens is 2. The molecule has 0 amide bonds. The van der Waals surface area contributed by atoms with Crippen LogP contribution in [0.1, 0.15) is 12.8 Å². The molecule has 0 saturated carbocycles. The summed E-state index contributed by atoms with van der Waals surface area (Å²) in [4.78, 5) is 8.68. The highest BCUT2D eigenvalue weighted by Gasteiger charge is 2.14. The fraction of sp³-hybridized carbons (Fsp3) is 0.636. The monoisotopic (exact) mass is 290 g/mol. The van der Waals surface area contributed by atoms with Crippen molar-refractivity contribution in [2.24, 2.45) is 0 Å². The molecule has 0 atom stereocenters. The van der Waals surface area contributed by atoms with Gasteiger partial charge in [0, 0.05) is 12.1 Å². The first-order chi connectivity index (χ1) is 8.31. The highest BCUT2D eigenvalue weighted by atomic mass is 35.5. The molecule has 2 rings (SSSR count). The van der Waals surface area contributed by atoms with Gasteiger partial charge in [0.05, 0.1) is 7.11 Å². The van der Waals surface area contributed by atoms with Crippen molar-refractivity contribution in [2.75, 3.05) is 31.8 Å². The van der Waals surface area contributed by atoms with Crippen molar-refractivity contribution in [2.45, 2.75) is 24.0 Å². The quantitative estimate of drug-likeness (QED) is 0.651. The fourth-order valence-electron chi connectivity index (χ4n) is 1.85. The van der Waals surface area contributed by atoms with Gasteiger partial charge < -0.3 is 15.4 Å². The van der Waals surface area contributed by atoms with E-state index in [1.54, 1.807) is 7.11 Å². The third-order valence-corrected chi connectivity index (χ3v) is 3.31. The van der Waals surface area contributed by atoms with Crippen molar-refractivity contribution in [3.8, 4) is 5.88 Å². The average Bonchev–Trinajstić information content (AvgIpc) is 2.39. The third-order valence-electron chi connectivity index (χ3n) is 2.76. The molecule has 0 aliphatic carbocycles. The molecule has 5 nitrogen and oxygen atoms in total. The van der Waals surface area contributed by atoms with Crippen LogP contribution in [-0.4, -0.2) is 42.5 Å². The number of nitrogens with zero attached hydrogens (tertiary/aromatic N) is 2. The molecule has 1 saturated heterocycles. The van der Waals surface area contributed by atoms with Gasteiger partial charge in [-0.25, -0.2) is 4.98 Å². The summed E-state index contributed by atoms with van der Waals surface area (Å²) in [5.41, 5.74) is 0. The number of hydrogen-bond acceptors (Lipinski definition) is 6. The molecule has 2 heterocycles. The highest BCUT2D eigenvalue weighted by Crippen LogP contribution is 2.20. The minimum Gasteiger partial charge on any atom is -0.481 e. The zero-order chi connectivity index (χ0) is 12.1. The lowest BCUT2D eigenvalue weighted by molar-refractivity contribution is 0.392. The van der Waals surface area contributed by atoms with E-state index in [1.165, 1.54) is 11.8 Å². The Kier molecular flexibility index (Phi) is 6.52. The minimum absolute atomic E-state index is 0. The van der Waals surface area contributed by atoms with E-state index in [0.29, 0.717) is 11.9 Å². The molecule has 2 N–H and O–H groups in total. The Balaban J connectivity index is 0.00000162. The number of piperidine rings is 1. The van der Waals surface area contributed by atoms with E-state index >= 15 is 0 Å². The van der Waals surface area contributed by atoms with Crippen LogP contribution in [0.4, 0.5) is 5.82 Å². The van der Waals surface area contributed by atoms with Crippen LogP contribution in [0.5, 0.6) is 5.88 Å². The Morgan fingerprint density at radius 2 is 2.11 bits per heavy atom. The Morgan fingerprint density at radius 3 is 2.72 bits per heavy atom. The number of halogens is 1. The first-order valence-electron chi connectivity index (χ1n) is 5.76. The molecule has 0 unspecified atom stereocenters. The summed E-state index contributed by atoms with van der Waals surface area (Å²) in [6.45, 7) is 2.13. The molecule has 1 fully saturated rings. The van der Waals surface area contributed by atoms with Crippen molar-refractivity contribution in [1.82, 2.24) is 15.3 Å². The van der Waals surface area contributed by atoms with Crippen LogP contribution in [0, 0.1) is 0 Å². The van der Waals surface area contributed by atoms with Crippen LogP contribution in [0.3, 0.4) is 0 Å². The molecule has 18 heavy (non-hydrogen) atoms. The third kappa shape index (κ3) is 4.19. The van der Waals surface area contributed by atoms with Crippen LogP contribution in [0.2, 0.25) is 0 Å². The molecule has 0 aromatic carbocycles. The van der Waals surface area contributed by atoms with E-state index < -0.39 is 0 Å². The lowest BCUT2D eigenvalue weighted by Gasteiger charge is -2.24. The van der Waals surface area contributed by atoms with E-state index in [0.717, 1.165) is 36.9 Å². The number of ether oxygens (including phenoxy) is 1. The summed E-state index contributed by atoms with van der Waals surface area (Å²) in [5.74, 6) is 1.47. The van der Waals surface area contributed by atoms with E-state index in [2.05, 4.69) is 20.6 Å². The fourth-order valence-corrected chi connectivity index (χ4v) is 2.22. The number of methoxy groups -OCH3 is 1. The molecular formula is C11H19ClN4OS. The summed E-state index contributed by atoms with van der Waals surface area (Å²) >= 11 is 1.52. The molecule has 0 radical (unpaired) electrons. The smallest absolute Gasteiger partial charge is 0.219 e. The van der Waals surface area contributed by atoms with Crippen molar-refractivity contribution in [3.63, 3.8) is 0 Å². The summed E-state index contributed by atoms with van der Waals surface area (Å²) < 4.78 is 5.17. The SMILES string of the molecule is COc1cc(NC2CCNCC2)nc(SC)n1.Cl. The van der Waals surface area contributed by atoms with Crippen molar-refractivity contribution in [1.29, 1.82) is 0 Å². The summed E-state index contributed by atoms with van der Waals surface area (Å²) in [7, 11) is 1.63. The molecule has 102 valence electrons. The maximum atomic E-state index is 5.17. The van der Waals surface area contributed by atoms with Crippen LogP contribution in [0.15, 0.2) is 11.2 Å². The topological polar surface area (TPSA) is 59.1 Å². The van der Waals surface area contributed by atoms with Crippen LogP contribution in [0.25, 0.3) is 0 Å². The Morgan fingerprint density at radius 1 is 1.39 bits per heavy atom. The van der Waals surface area contributed by atoms with Gasteiger partial charge in [0.2, 0.25) is 5.88 Å². The van der Waals surface area contributed by atoms with Crippen molar-refractivity contribution < 1.29 is 4.74 Å². The van der Waals surface area contributed by atoms with Gasteiger partial charge in [-0.3, -0.25) is 0 Å². The van der Waals surface area contributed by atoms with Crippen LogP contribution in [-0.2, 0) is 0 Å². The minimum atomic E-state index is 0. The molecule has 1 aliphatic heterocycles. The zero-order valence-electron chi connectivity index (χ0n) is 10.6. The predicted molar refractivity (Wildman–Crippen MR) is 77.1 cm³/mol. The maximum Gasteiger partial charge on any atom is 0.219 e.